The third kappa shape index (κ3) is 4.59. The van der Waals surface area contributed by atoms with Gasteiger partial charge in [-0.2, -0.15) is 4.98 Å². The summed E-state index contributed by atoms with van der Waals surface area (Å²) in [6.45, 7) is 4.75. The van der Waals surface area contributed by atoms with Crippen molar-refractivity contribution < 1.29 is 14.1 Å². The minimum absolute atomic E-state index is 0.0659. The first kappa shape index (κ1) is 15.0. The van der Waals surface area contributed by atoms with E-state index < -0.39 is 0 Å². The number of hydrogen-bond acceptors (Lipinski definition) is 5. The van der Waals surface area contributed by atoms with E-state index in [9.17, 15) is 4.79 Å². The normalized spacial score (nSPS) is 10.4. The van der Waals surface area contributed by atoms with E-state index >= 15 is 0 Å². The van der Waals surface area contributed by atoms with E-state index in [1.54, 1.807) is 31.2 Å². The zero-order valence-electron chi connectivity index (χ0n) is 12.3. The van der Waals surface area contributed by atoms with Crippen molar-refractivity contribution in [1.82, 2.24) is 15.5 Å². The van der Waals surface area contributed by atoms with Gasteiger partial charge in [-0.1, -0.05) is 18.5 Å². The molecule has 1 amide bonds. The Morgan fingerprint density at radius 2 is 2.10 bits per heavy atom. The number of carbonyl (C=O) groups is 1. The molecular formula is C15H19N3O3. The Morgan fingerprint density at radius 1 is 1.33 bits per heavy atom. The lowest BCUT2D eigenvalue weighted by Gasteiger charge is -2.06. The number of aromatic nitrogens is 2. The molecule has 0 atom stereocenters. The third-order valence-electron chi connectivity index (χ3n) is 2.87. The number of rotatable bonds is 7. The molecule has 112 valence electrons. The van der Waals surface area contributed by atoms with Gasteiger partial charge >= 0.3 is 0 Å². The molecule has 1 heterocycles. The fourth-order valence-corrected chi connectivity index (χ4v) is 1.73. The van der Waals surface area contributed by atoms with Gasteiger partial charge in [0.25, 0.3) is 5.91 Å². The van der Waals surface area contributed by atoms with Crippen LogP contribution in [-0.2, 0) is 6.61 Å². The summed E-state index contributed by atoms with van der Waals surface area (Å²) in [6, 6.07) is 6.97. The highest BCUT2D eigenvalue weighted by Gasteiger charge is 2.06. The highest BCUT2D eigenvalue weighted by Crippen LogP contribution is 2.13. The van der Waals surface area contributed by atoms with Crippen LogP contribution in [0.1, 0.15) is 41.8 Å². The van der Waals surface area contributed by atoms with Crippen LogP contribution in [0.5, 0.6) is 5.75 Å². The van der Waals surface area contributed by atoms with Crippen LogP contribution in [0.3, 0.4) is 0 Å². The summed E-state index contributed by atoms with van der Waals surface area (Å²) in [5, 5.41) is 6.61. The zero-order valence-corrected chi connectivity index (χ0v) is 12.3. The van der Waals surface area contributed by atoms with Crippen molar-refractivity contribution in [3.63, 3.8) is 0 Å². The van der Waals surface area contributed by atoms with Gasteiger partial charge in [-0.15, -0.1) is 0 Å². The number of unbranched alkanes of at least 4 members (excludes halogenated alkanes) is 1. The number of carbonyl (C=O) groups excluding carboxylic acids is 1. The van der Waals surface area contributed by atoms with Crippen LogP contribution in [0.15, 0.2) is 28.8 Å². The molecule has 0 fully saturated rings. The minimum Gasteiger partial charge on any atom is -0.485 e. The molecule has 2 rings (SSSR count). The Balaban J connectivity index is 1.85. The van der Waals surface area contributed by atoms with Crippen molar-refractivity contribution in [3.8, 4) is 5.75 Å². The van der Waals surface area contributed by atoms with Crippen LogP contribution < -0.4 is 10.1 Å². The van der Waals surface area contributed by atoms with E-state index in [4.69, 9.17) is 9.26 Å². The number of ether oxygens (including phenoxy) is 1. The summed E-state index contributed by atoms with van der Waals surface area (Å²) in [7, 11) is 0. The van der Waals surface area contributed by atoms with Crippen LogP contribution in [0, 0.1) is 6.92 Å². The van der Waals surface area contributed by atoms with Crippen molar-refractivity contribution in [2.24, 2.45) is 0 Å². The van der Waals surface area contributed by atoms with E-state index in [0.29, 0.717) is 29.6 Å². The molecule has 0 unspecified atom stereocenters. The first-order valence-electron chi connectivity index (χ1n) is 6.99. The van der Waals surface area contributed by atoms with Crippen LogP contribution in [0.25, 0.3) is 0 Å². The van der Waals surface area contributed by atoms with Crippen molar-refractivity contribution in [1.29, 1.82) is 0 Å². The maximum atomic E-state index is 11.8. The van der Waals surface area contributed by atoms with Gasteiger partial charge in [0.2, 0.25) is 11.7 Å². The van der Waals surface area contributed by atoms with E-state index in [0.717, 1.165) is 12.8 Å². The van der Waals surface area contributed by atoms with E-state index in [2.05, 4.69) is 22.4 Å². The van der Waals surface area contributed by atoms with Crippen molar-refractivity contribution in [3.05, 3.63) is 41.5 Å². The second-order valence-electron chi connectivity index (χ2n) is 4.65. The van der Waals surface area contributed by atoms with Gasteiger partial charge in [0.05, 0.1) is 0 Å². The molecule has 1 N–H and O–H groups in total. The Bertz CT molecular complexity index is 578. The number of hydrogen-bond donors (Lipinski definition) is 1. The number of benzene rings is 1. The maximum Gasteiger partial charge on any atom is 0.251 e. The summed E-state index contributed by atoms with van der Waals surface area (Å²) >= 11 is 0. The quantitative estimate of drug-likeness (QED) is 0.792. The van der Waals surface area contributed by atoms with Gasteiger partial charge in [-0.05, 0) is 30.7 Å². The predicted molar refractivity (Wildman–Crippen MR) is 77.1 cm³/mol. The van der Waals surface area contributed by atoms with Gasteiger partial charge < -0.3 is 14.6 Å². The van der Waals surface area contributed by atoms with E-state index in [1.165, 1.54) is 0 Å². The minimum atomic E-state index is -0.0659. The SMILES string of the molecule is CCCCNC(=O)c1ccc(OCc2noc(C)n2)cc1. The fourth-order valence-electron chi connectivity index (χ4n) is 1.73. The molecule has 6 nitrogen and oxygen atoms in total. The molecule has 2 aromatic rings. The van der Waals surface area contributed by atoms with Gasteiger partial charge in [0.1, 0.15) is 5.75 Å². The lowest BCUT2D eigenvalue weighted by molar-refractivity contribution is 0.0953. The monoisotopic (exact) mass is 289 g/mol. The Labute approximate surface area is 123 Å². The molecule has 21 heavy (non-hydrogen) atoms. The Hall–Kier alpha value is -2.37. The molecule has 0 radical (unpaired) electrons. The average molecular weight is 289 g/mol. The molecule has 1 aromatic heterocycles. The third-order valence-corrected chi connectivity index (χ3v) is 2.87. The highest BCUT2D eigenvalue weighted by atomic mass is 16.5. The lowest BCUT2D eigenvalue weighted by atomic mass is 10.2. The van der Waals surface area contributed by atoms with Crippen LogP contribution in [0.2, 0.25) is 0 Å². The molecule has 0 bridgehead atoms. The Morgan fingerprint density at radius 3 is 2.71 bits per heavy atom. The smallest absolute Gasteiger partial charge is 0.251 e. The van der Waals surface area contributed by atoms with Gasteiger partial charge in [-0.3, -0.25) is 4.79 Å². The maximum absolute atomic E-state index is 11.8. The molecule has 0 aliphatic rings. The molecule has 6 heteroatoms. The number of amides is 1. The molecule has 0 saturated heterocycles. The standard InChI is InChI=1S/C15H19N3O3/c1-3-4-9-16-15(19)12-5-7-13(8-6-12)20-10-14-17-11(2)21-18-14/h5-8H,3-4,9-10H2,1-2H3,(H,16,19). The first-order chi connectivity index (χ1) is 10.2. The highest BCUT2D eigenvalue weighted by molar-refractivity contribution is 5.94. The number of aryl methyl sites for hydroxylation is 1. The molecule has 1 aromatic carbocycles. The molecule has 0 aliphatic heterocycles. The summed E-state index contributed by atoms with van der Waals surface area (Å²) in [4.78, 5) is 15.9. The largest absolute Gasteiger partial charge is 0.485 e. The van der Waals surface area contributed by atoms with Crippen molar-refractivity contribution in [2.75, 3.05) is 6.54 Å². The summed E-state index contributed by atoms with van der Waals surface area (Å²) < 4.78 is 10.4. The topological polar surface area (TPSA) is 77.2 Å². The van der Waals surface area contributed by atoms with Gasteiger partial charge in [-0.25, -0.2) is 0 Å². The predicted octanol–water partition coefficient (Wildman–Crippen LogP) is 2.49. The first-order valence-corrected chi connectivity index (χ1v) is 6.99. The second-order valence-corrected chi connectivity index (χ2v) is 4.65. The number of nitrogens with one attached hydrogen (secondary N) is 1. The second kappa shape index (κ2) is 7.42. The van der Waals surface area contributed by atoms with Gasteiger partial charge in [0.15, 0.2) is 6.61 Å². The average Bonchev–Trinajstić information content (AvgIpc) is 2.91. The summed E-state index contributed by atoms with van der Waals surface area (Å²) in [6.07, 6.45) is 2.04. The molecule has 0 aliphatic carbocycles. The van der Waals surface area contributed by atoms with Crippen LogP contribution in [0.4, 0.5) is 0 Å². The van der Waals surface area contributed by atoms with Crippen LogP contribution >= 0.6 is 0 Å². The fraction of sp³-hybridized carbons (Fsp3) is 0.400. The summed E-state index contributed by atoms with van der Waals surface area (Å²) in [5.41, 5.74) is 0.619. The molecular weight excluding hydrogens is 270 g/mol. The Kier molecular flexibility index (Phi) is 5.31. The zero-order chi connectivity index (χ0) is 15.1. The van der Waals surface area contributed by atoms with Crippen molar-refractivity contribution >= 4 is 5.91 Å². The molecule has 0 saturated carbocycles. The number of nitrogens with zero attached hydrogens (tertiary/aromatic N) is 2. The van der Waals surface area contributed by atoms with Gasteiger partial charge in [0, 0.05) is 19.0 Å². The molecule has 0 spiro atoms. The van der Waals surface area contributed by atoms with E-state index in [-0.39, 0.29) is 12.5 Å². The lowest BCUT2D eigenvalue weighted by Crippen LogP contribution is -2.24. The van der Waals surface area contributed by atoms with Crippen LogP contribution in [-0.4, -0.2) is 22.6 Å². The van der Waals surface area contributed by atoms with E-state index in [1.807, 2.05) is 0 Å². The summed E-state index contributed by atoms with van der Waals surface area (Å²) in [5.74, 6) is 1.59. The van der Waals surface area contributed by atoms with Crippen molar-refractivity contribution in [2.45, 2.75) is 33.3 Å².